The van der Waals surface area contributed by atoms with Crippen molar-refractivity contribution in [2.75, 3.05) is 10.7 Å². The van der Waals surface area contributed by atoms with Gasteiger partial charge < -0.3 is 5.32 Å². The van der Waals surface area contributed by atoms with Crippen molar-refractivity contribution in [3.8, 4) is 0 Å². The molecule has 1 heterocycles. The van der Waals surface area contributed by atoms with Gasteiger partial charge in [-0.25, -0.2) is 9.97 Å². The Labute approximate surface area is 167 Å². The molecule has 0 saturated heterocycles. The number of aromatic nitrogens is 2. The Bertz CT molecular complexity index is 1010. The summed E-state index contributed by atoms with van der Waals surface area (Å²) in [5, 5.41) is 14.6. The van der Waals surface area contributed by atoms with Crippen LogP contribution in [0.3, 0.4) is 0 Å². The maximum Gasteiger partial charge on any atom is 0.355 e. The molecule has 0 radical (unpaired) electrons. The molecule has 3 aromatic rings. The van der Waals surface area contributed by atoms with E-state index < -0.39 is 10.8 Å². The van der Waals surface area contributed by atoms with E-state index in [0.717, 1.165) is 5.56 Å². The predicted octanol–water partition coefficient (Wildman–Crippen LogP) is 4.01. The van der Waals surface area contributed by atoms with Crippen LogP contribution < -0.4 is 16.2 Å². The average molecular weight is 392 g/mol. The Morgan fingerprint density at radius 3 is 2.28 bits per heavy atom. The highest BCUT2D eigenvalue weighted by Crippen LogP contribution is 2.31. The number of anilines is 3. The third-order valence-electron chi connectivity index (χ3n) is 4.18. The standard InChI is InChI=1S/C20H20N6O3/c1-13(2)14-8-10-16(11-9-14)23-18-17(26(28)29)19(22-12-21-18)24-25-20(27)15-6-4-3-5-7-15/h3-13H,1-2H3,(H,25,27)(H2,21,22,23,24). The molecule has 3 rings (SSSR count). The molecule has 0 fully saturated rings. The fourth-order valence-electron chi connectivity index (χ4n) is 2.60. The third-order valence-corrected chi connectivity index (χ3v) is 4.18. The minimum absolute atomic E-state index is 0.0127. The molecule has 9 nitrogen and oxygen atoms in total. The van der Waals surface area contributed by atoms with Crippen LogP contribution in [0.15, 0.2) is 60.9 Å². The molecule has 1 aromatic heterocycles. The summed E-state index contributed by atoms with van der Waals surface area (Å²) in [5.41, 5.74) is 6.74. The van der Waals surface area contributed by atoms with E-state index in [1.54, 1.807) is 30.3 Å². The first kappa shape index (κ1) is 19.7. The summed E-state index contributed by atoms with van der Waals surface area (Å²) < 4.78 is 0. The summed E-state index contributed by atoms with van der Waals surface area (Å²) in [6.07, 6.45) is 1.18. The lowest BCUT2D eigenvalue weighted by Crippen LogP contribution is -2.30. The lowest BCUT2D eigenvalue weighted by atomic mass is 10.0. The molecule has 148 valence electrons. The van der Waals surface area contributed by atoms with E-state index >= 15 is 0 Å². The number of nitrogens with zero attached hydrogens (tertiary/aromatic N) is 3. The second kappa shape index (κ2) is 8.79. The van der Waals surface area contributed by atoms with Crippen molar-refractivity contribution in [3.63, 3.8) is 0 Å². The molecule has 0 aliphatic heterocycles. The first-order chi connectivity index (χ1) is 14.0. The smallest absolute Gasteiger partial charge is 0.334 e. The summed E-state index contributed by atoms with van der Waals surface area (Å²) in [7, 11) is 0. The molecule has 0 unspecified atom stereocenters. The van der Waals surface area contributed by atoms with Crippen molar-refractivity contribution in [3.05, 3.63) is 82.2 Å². The Balaban J connectivity index is 1.80. The van der Waals surface area contributed by atoms with Crippen molar-refractivity contribution in [1.82, 2.24) is 15.4 Å². The second-order valence-electron chi connectivity index (χ2n) is 6.52. The second-order valence-corrected chi connectivity index (χ2v) is 6.52. The lowest BCUT2D eigenvalue weighted by molar-refractivity contribution is -0.383. The number of rotatable bonds is 7. The van der Waals surface area contributed by atoms with Gasteiger partial charge in [0.1, 0.15) is 6.33 Å². The van der Waals surface area contributed by atoms with Gasteiger partial charge in [-0.2, -0.15) is 0 Å². The molecule has 9 heteroatoms. The molecule has 0 bridgehead atoms. The number of carbonyl (C=O) groups excluding carboxylic acids is 1. The zero-order chi connectivity index (χ0) is 20.8. The molecule has 0 aliphatic rings. The maximum atomic E-state index is 12.2. The average Bonchev–Trinajstić information content (AvgIpc) is 2.73. The van der Waals surface area contributed by atoms with E-state index in [1.807, 2.05) is 24.3 Å². The summed E-state index contributed by atoms with van der Waals surface area (Å²) in [5.74, 6) is -0.187. The zero-order valence-electron chi connectivity index (χ0n) is 15.9. The summed E-state index contributed by atoms with van der Waals surface area (Å²) in [4.78, 5) is 31.0. The van der Waals surface area contributed by atoms with E-state index in [1.165, 1.54) is 6.33 Å². The van der Waals surface area contributed by atoms with Gasteiger partial charge >= 0.3 is 5.69 Å². The molecule has 0 saturated carbocycles. The van der Waals surface area contributed by atoms with E-state index in [2.05, 4.69) is 40.0 Å². The number of hydrogen-bond acceptors (Lipinski definition) is 7. The van der Waals surface area contributed by atoms with Crippen LogP contribution in [-0.2, 0) is 0 Å². The highest BCUT2D eigenvalue weighted by atomic mass is 16.6. The predicted molar refractivity (Wildman–Crippen MR) is 110 cm³/mol. The summed E-state index contributed by atoms with van der Waals surface area (Å²) in [6.45, 7) is 4.17. The van der Waals surface area contributed by atoms with Crippen LogP contribution in [0, 0.1) is 10.1 Å². The van der Waals surface area contributed by atoms with Gasteiger partial charge in [-0.1, -0.05) is 44.2 Å². The molecule has 0 spiro atoms. The van der Waals surface area contributed by atoms with Crippen LogP contribution in [0.25, 0.3) is 0 Å². The Kier molecular flexibility index (Phi) is 5.98. The first-order valence-electron chi connectivity index (χ1n) is 8.93. The maximum absolute atomic E-state index is 12.2. The fraction of sp³-hybridized carbons (Fsp3) is 0.150. The molecule has 3 N–H and O–H groups in total. The van der Waals surface area contributed by atoms with Crippen molar-refractivity contribution in [2.45, 2.75) is 19.8 Å². The molecule has 2 aromatic carbocycles. The van der Waals surface area contributed by atoms with Gasteiger partial charge in [0.25, 0.3) is 5.91 Å². The van der Waals surface area contributed by atoms with Gasteiger partial charge in [0.2, 0.25) is 11.6 Å². The highest BCUT2D eigenvalue weighted by molar-refractivity contribution is 5.95. The van der Waals surface area contributed by atoms with Crippen molar-refractivity contribution < 1.29 is 9.72 Å². The minimum atomic E-state index is -0.609. The van der Waals surface area contributed by atoms with Crippen molar-refractivity contribution in [2.24, 2.45) is 0 Å². The van der Waals surface area contributed by atoms with Gasteiger partial charge in [-0.05, 0) is 35.7 Å². The first-order valence-corrected chi connectivity index (χ1v) is 8.93. The Hall–Kier alpha value is -4.01. The number of benzene rings is 2. The monoisotopic (exact) mass is 392 g/mol. The lowest BCUT2D eigenvalue weighted by Gasteiger charge is -2.12. The molecule has 0 atom stereocenters. The van der Waals surface area contributed by atoms with Crippen molar-refractivity contribution >= 4 is 28.9 Å². The van der Waals surface area contributed by atoms with Gasteiger partial charge in [0, 0.05) is 11.3 Å². The van der Waals surface area contributed by atoms with Gasteiger partial charge in [-0.3, -0.25) is 25.8 Å². The number of hydrogen-bond donors (Lipinski definition) is 3. The molecular weight excluding hydrogens is 372 g/mol. The Morgan fingerprint density at radius 1 is 1.00 bits per heavy atom. The number of amides is 1. The molecular formula is C20H20N6O3. The number of nitro groups is 1. The van der Waals surface area contributed by atoms with Crippen LogP contribution in [0.2, 0.25) is 0 Å². The fourth-order valence-corrected chi connectivity index (χ4v) is 2.60. The third kappa shape index (κ3) is 4.83. The molecule has 29 heavy (non-hydrogen) atoms. The normalized spacial score (nSPS) is 10.4. The van der Waals surface area contributed by atoms with E-state index in [0.29, 0.717) is 17.2 Å². The topological polar surface area (TPSA) is 122 Å². The summed E-state index contributed by atoms with van der Waals surface area (Å²) >= 11 is 0. The van der Waals surface area contributed by atoms with E-state index in [-0.39, 0.29) is 17.3 Å². The van der Waals surface area contributed by atoms with Crippen LogP contribution in [0.4, 0.5) is 23.0 Å². The molecule has 1 amide bonds. The van der Waals surface area contributed by atoms with Crippen LogP contribution in [0.5, 0.6) is 0 Å². The van der Waals surface area contributed by atoms with Crippen LogP contribution >= 0.6 is 0 Å². The largest absolute Gasteiger partial charge is 0.355 e. The number of carbonyl (C=O) groups is 1. The number of hydrazine groups is 1. The Morgan fingerprint density at radius 2 is 1.66 bits per heavy atom. The SMILES string of the molecule is CC(C)c1ccc(Nc2ncnc(NNC(=O)c3ccccc3)c2[N+](=O)[O-])cc1. The number of nitrogens with one attached hydrogen (secondary N) is 3. The van der Waals surface area contributed by atoms with Crippen molar-refractivity contribution in [1.29, 1.82) is 0 Å². The highest BCUT2D eigenvalue weighted by Gasteiger charge is 2.23. The van der Waals surface area contributed by atoms with Crippen LogP contribution in [-0.4, -0.2) is 20.8 Å². The van der Waals surface area contributed by atoms with E-state index in [4.69, 9.17) is 0 Å². The van der Waals surface area contributed by atoms with Crippen LogP contribution in [0.1, 0.15) is 35.7 Å². The molecule has 0 aliphatic carbocycles. The van der Waals surface area contributed by atoms with Gasteiger partial charge in [0.05, 0.1) is 4.92 Å². The van der Waals surface area contributed by atoms with Gasteiger partial charge in [-0.15, -0.1) is 0 Å². The van der Waals surface area contributed by atoms with E-state index in [9.17, 15) is 14.9 Å². The quantitative estimate of drug-likeness (QED) is 0.410. The summed E-state index contributed by atoms with van der Waals surface area (Å²) in [6, 6.07) is 16.0. The minimum Gasteiger partial charge on any atom is -0.334 e. The zero-order valence-corrected chi connectivity index (χ0v) is 15.9. The van der Waals surface area contributed by atoms with Gasteiger partial charge in [0.15, 0.2) is 0 Å².